The third-order valence-corrected chi connectivity index (χ3v) is 4.72. The van der Waals surface area contributed by atoms with Gasteiger partial charge in [0.2, 0.25) is 11.8 Å². The van der Waals surface area contributed by atoms with E-state index >= 15 is 0 Å². The van der Waals surface area contributed by atoms with Crippen LogP contribution in [0.25, 0.3) is 0 Å². The number of hydrogen-bond acceptors (Lipinski definition) is 3. The van der Waals surface area contributed by atoms with E-state index < -0.39 is 0 Å². The third kappa shape index (κ3) is 5.64. The Kier molecular flexibility index (Phi) is 7.10. The standard InChI is InChI=1S/C20H27FN4O2/c1-5-25(13-19(26)22-12-16-6-8-17(21)9-7-16)20(27)11-10-18-14(2)23-24(4)15(18)3/h6-9H,5,10-13H2,1-4H3,(H,22,26). The fourth-order valence-electron chi connectivity index (χ4n) is 2.98. The summed E-state index contributed by atoms with van der Waals surface area (Å²) < 4.78 is 14.7. The molecule has 0 aliphatic heterocycles. The molecule has 1 aromatic heterocycles. The van der Waals surface area contributed by atoms with Crippen LogP contribution < -0.4 is 5.32 Å². The molecule has 146 valence electrons. The normalized spacial score (nSPS) is 10.7. The number of carbonyl (C=O) groups is 2. The first-order valence-electron chi connectivity index (χ1n) is 9.09. The van der Waals surface area contributed by atoms with Crippen molar-refractivity contribution in [3.63, 3.8) is 0 Å². The van der Waals surface area contributed by atoms with Gasteiger partial charge in [0, 0.05) is 32.3 Å². The summed E-state index contributed by atoms with van der Waals surface area (Å²) >= 11 is 0. The average molecular weight is 374 g/mol. The lowest BCUT2D eigenvalue weighted by molar-refractivity contribution is -0.135. The molecule has 0 saturated carbocycles. The Bertz CT molecular complexity index is 799. The topological polar surface area (TPSA) is 67.2 Å². The molecule has 27 heavy (non-hydrogen) atoms. The van der Waals surface area contributed by atoms with Gasteiger partial charge in [-0.1, -0.05) is 12.1 Å². The van der Waals surface area contributed by atoms with Crippen molar-refractivity contribution in [1.29, 1.82) is 0 Å². The van der Waals surface area contributed by atoms with E-state index in [1.54, 1.807) is 17.0 Å². The molecule has 0 bridgehead atoms. The molecule has 0 aliphatic carbocycles. The number of aromatic nitrogens is 2. The highest BCUT2D eigenvalue weighted by molar-refractivity contribution is 5.84. The summed E-state index contributed by atoms with van der Waals surface area (Å²) in [6.07, 6.45) is 0.949. The number of benzene rings is 1. The number of nitrogens with one attached hydrogen (secondary N) is 1. The second-order valence-corrected chi connectivity index (χ2v) is 6.58. The minimum atomic E-state index is -0.313. The van der Waals surface area contributed by atoms with Crippen molar-refractivity contribution in [2.45, 2.75) is 40.2 Å². The van der Waals surface area contributed by atoms with Gasteiger partial charge in [-0.2, -0.15) is 5.10 Å². The molecule has 0 spiro atoms. The van der Waals surface area contributed by atoms with Crippen molar-refractivity contribution < 1.29 is 14.0 Å². The van der Waals surface area contributed by atoms with Crippen LogP contribution in [0.4, 0.5) is 4.39 Å². The molecule has 7 heteroatoms. The molecule has 0 fully saturated rings. The maximum Gasteiger partial charge on any atom is 0.239 e. The number of nitrogens with zero attached hydrogens (tertiary/aromatic N) is 3. The first-order chi connectivity index (χ1) is 12.8. The smallest absolute Gasteiger partial charge is 0.239 e. The summed E-state index contributed by atoms with van der Waals surface area (Å²) in [6, 6.07) is 5.95. The maximum atomic E-state index is 12.9. The number of rotatable bonds is 8. The van der Waals surface area contributed by atoms with Gasteiger partial charge in [0.15, 0.2) is 0 Å². The molecule has 0 aliphatic rings. The van der Waals surface area contributed by atoms with Crippen LogP contribution in [0.5, 0.6) is 0 Å². The van der Waals surface area contributed by atoms with Gasteiger partial charge in [-0.05, 0) is 50.5 Å². The largest absolute Gasteiger partial charge is 0.350 e. The van der Waals surface area contributed by atoms with Crippen LogP contribution in [0.15, 0.2) is 24.3 Å². The van der Waals surface area contributed by atoms with Gasteiger partial charge in [-0.3, -0.25) is 14.3 Å². The first-order valence-corrected chi connectivity index (χ1v) is 9.09. The number of amides is 2. The molecule has 0 radical (unpaired) electrons. The predicted octanol–water partition coefficient (Wildman–Crippen LogP) is 2.27. The molecular weight excluding hydrogens is 347 g/mol. The summed E-state index contributed by atoms with van der Waals surface area (Å²) in [5.41, 5.74) is 3.88. The number of hydrogen-bond donors (Lipinski definition) is 1. The fourth-order valence-corrected chi connectivity index (χ4v) is 2.98. The zero-order valence-corrected chi connectivity index (χ0v) is 16.4. The lowest BCUT2D eigenvalue weighted by Gasteiger charge is -2.20. The van der Waals surface area contributed by atoms with Crippen molar-refractivity contribution in [3.05, 3.63) is 52.6 Å². The van der Waals surface area contributed by atoms with Gasteiger partial charge < -0.3 is 10.2 Å². The Morgan fingerprint density at radius 3 is 2.44 bits per heavy atom. The van der Waals surface area contributed by atoms with E-state index in [-0.39, 0.29) is 24.2 Å². The minimum Gasteiger partial charge on any atom is -0.350 e. The number of likely N-dealkylation sites (N-methyl/N-ethyl adjacent to an activating group) is 1. The van der Waals surface area contributed by atoms with E-state index in [1.165, 1.54) is 12.1 Å². The van der Waals surface area contributed by atoms with Crippen LogP contribution in [0, 0.1) is 19.7 Å². The van der Waals surface area contributed by atoms with Crippen LogP contribution >= 0.6 is 0 Å². The monoisotopic (exact) mass is 374 g/mol. The van der Waals surface area contributed by atoms with E-state index in [9.17, 15) is 14.0 Å². The summed E-state index contributed by atoms with van der Waals surface area (Å²) in [6.45, 7) is 6.56. The minimum absolute atomic E-state index is 0.0154. The molecular formula is C20H27FN4O2. The fraction of sp³-hybridized carbons (Fsp3) is 0.450. The second kappa shape index (κ2) is 9.30. The Labute approximate surface area is 159 Å². The summed E-state index contributed by atoms with van der Waals surface area (Å²) in [5.74, 6) is -0.604. The molecule has 1 heterocycles. The van der Waals surface area contributed by atoms with Gasteiger partial charge in [0.1, 0.15) is 5.82 Å². The SMILES string of the molecule is CCN(CC(=O)NCc1ccc(F)cc1)C(=O)CCc1c(C)nn(C)c1C. The van der Waals surface area contributed by atoms with E-state index in [0.29, 0.717) is 25.9 Å². The number of carbonyl (C=O) groups excluding carboxylic acids is 2. The Morgan fingerprint density at radius 2 is 1.89 bits per heavy atom. The molecule has 6 nitrogen and oxygen atoms in total. The van der Waals surface area contributed by atoms with Crippen LogP contribution in [-0.4, -0.2) is 39.6 Å². The van der Waals surface area contributed by atoms with Crippen LogP contribution in [-0.2, 0) is 29.6 Å². The molecule has 0 unspecified atom stereocenters. The molecule has 2 aromatic rings. The third-order valence-electron chi connectivity index (χ3n) is 4.72. The highest BCUT2D eigenvalue weighted by Gasteiger charge is 2.17. The van der Waals surface area contributed by atoms with Gasteiger partial charge in [0.25, 0.3) is 0 Å². The zero-order valence-electron chi connectivity index (χ0n) is 16.4. The lowest BCUT2D eigenvalue weighted by Crippen LogP contribution is -2.40. The van der Waals surface area contributed by atoms with Gasteiger partial charge in [-0.15, -0.1) is 0 Å². The molecule has 1 aromatic carbocycles. The number of aryl methyl sites for hydroxylation is 2. The quantitative estimate of drug-likeness (QED) is 0.771. The molecule has 1 N–H and O–H groups in total. The van der Waals surface area contributed by atoms with Crippen molar-refractivity contribution in [2.75, 3.05) is 13.1 Å². The number of halogens is 1. The highest BCUT2D eigenvalue weighted by atomic mass is 19.1. The molecule has 0 saturated heterocycles. The summed E-state index contributed by atoms with van der Waals surface area (Å²) in [5, 5.41) is 7.13. The molecule has 2 amide bonds. The van der Waals surface area contributed by atoms with Crippen molar-refractivity contribution in [3.8, 4) is 0 Å². The summed E-state index contributed by atoms with van der Waals surface area (Å²) in [7, 11) is 1.89. The van der Waals surface area contributed by atoms with Crippen molar-refractivity contribution in [2.24, 2.45) is 7.05 Å². The Morgan fingerprint density at radius 1 is 1.22 bits per heavy atom. The van der Waals surface area contributed by atoms with Gasteiger partial charge >= 0.3 is 0 Å². The van der Waals surface area contributed by atoms with Crippen molar-refractivity contribution >= 4 is 11.8 Å². The van der Waals surface area contributed by atoms with E-state index in [1.807, 2.05) is 32.5 Å². The Hall–Kier alpha value is -2.70. The van der Waals surface area contributed by atoms with Crippen LogP contribution in [0.2, 0.25) is 0 Å². The average Bonchev–Trinajstić information content (AvgIpc) is 2.89. The molecule has 2 rings (SSSR count). The highest BCUT2D eigenvalue weighted by Crippen LogP contribution is 2.14. The van der Waals surface area contributed by atoms with Crippen molar-refractivity contribution in [1.82, 2.24) is 20.0 Å². The van der Waals surface area contributed by atoms with E-state index in [4.69, 9.17) is 0 Å². The maximum absolute atomic E-state index is 12.9. The molecule has 0 atom stereocenters. The zero-order chi connectivity index (χ0) is 20.0. The lowest BCUT2D eigenvalue weighted by atomic mass is 10.1. The second-order valence-electron chi connectivity index (χ2n) is 6.58. The van der Waals surface area contributed by atoms with Gasteiger partial charge in [-0.25, -0.2) is 4.39 Å². The predicted molar refractivity (Wildman–Crippen MR) is 102 cm³/mol. The van der Waals surface area contributed by atoms with Gasteiger partial charge in [0.05, 0.1) is 12.2 Å². The van der Waals surface area contributed by atoms with E-state index in [2.05, 4.69) is 10.4 Å². The van der Waals surface area contributed by atoms with Crippen LogP contribution in [0.1, 0.15) is 35.9 Å². The first kappa shape index (κ1) is 20.6. The summed E-state index contributed by atoms with van der Waals surface area (Å²) in [4.78, 5) is 26.2. The van der Waals surface area contributed by atoms with Crippen LogP contribution in [0.3, 0.4) is 0 Å². The van der Waals surface area contributed by atoms with E-state index in [0.717, 1.165) is 22.5 Å². The Balaban J connectivity index is 1.84.